The Hall–Kier alpha value is -3.73. The van der Waals surface area contributed by atoms with E-state index in [9.17, 15) is 24.0 Å². The van der Waals surface area contributed by atoms with Gasteiger partial charge in [-0.2, -0.15) is 4.73 Å². The Morgan fingerprint density at radius 1 is 0.896 bits per heavy atom. The monoisotopic (exact) mass is 675 g/mol. The number of hydrogen-bond acceptors (Lipinski definition) is 7. The maximum absolute atomic E-state index is 12.0. The lowest BCUT2D eigenvalue weighted by Crippen LogP contribution is -2.49. The molecule has 3 amide bonds. The van der Waals surface area contributed by atoms with Crippen molar-refractivity contribution in [3.63, 3.8) is 0 Å². The number of ketones is 1. The first kappa shape index (κ1) is 46.4. The molecule has 1 aromatic carbocycles. The van der Waals surface area contributed by atoms with Crippen LogP contribution in [-0.2, 0) is 24.0 Å². The number of amides is 3. The highest BCUT2D eigenvalue weighted by atomic mass is 16.6. The predicted octanol–water partition coefficient (Wildman–Crippen LogP) is 5.40. The quantitative estimate of drug-likeness (QED) is 0.180. The third-order valence-corrected chi connectivity index (χ3v) is 7.27. The van der Waals surface area contributed by atoms with Gasteiger partial charge in [0.05, 0.1) is 31.2 Å². The van der Waals surface area contributed by atoms with Gasteiger partial charge in [-0.1, -0.05) is 85.4 Å². The molecule has 1 aliphatic rings. The second-order valence-corrected chi connectivity index (χ2v) is 11.1. The normalized spacial score (nSPS) is 13.0. The van der Waals surface area contributed by atoms with Gasteiger partial charge in [-0.3, -0.25) is 19.2 Å². The van der Waals surface area contributed by atoms with Crippen molar-refractivity contribution in [3.05, 3.63) is 36.0 Å². The number of hydrogen-bond donors (Lipinski definition) is 3. The Morgan fingerprint density at radius 3 is 2.08 bits per heavy atom. The van der Waals surface area contributed by atoms with E-state index in [0.29, 0.717) is 25.2 Å². The van der Waals surface area contributed by atoms with Crippen molar-refractivity contribution in [1.29, 1.82) is 0 Å². The number of nitrogens with one attached hydrogen (secondary N) is 3. The fourth-order valence-corrected chi connectivity index (χ4v) is 4.36. The van der Waals surface area contributed by atoms with E-state index in [1.165, 1.54) is 41.5 Å². The van der Waals surface area contributed by atoms with Gasteiger partial charge in [0.25, 0.3) is 0 Å². The van der Waals surface area contributed by atoms with Crippen molar-refractivity contribution < 1.29 is 28.8 Å². The number of unbranched alkanes of at least 4 members (excludes halogenated alkanes) is 3. The third kappa shape index (κ3) is 20.5. The molecule has 11 nitrogen and oxygen atoms in total. The molecule has 0 saturated carbocycles. The summed E-state index contributed by atoms with van der Waals surface area (Å²) in [7, 11) is 3.30. The Morgan fingerprint density at radius 2 is 1.52 bits per heavy atom. The fourth-order valence-electron chi connectivity index (χ4n) is 4.36. The zero-order valence-corrected chi connectivity index (χ0v) is 31.3. The highest BCUT2D eigenvalue weighted by molar-refractivity contribution is 5.89. The van der Waals surface area contributed by atoms with E-state index in [0.717, 1.165) is 37.5 Å². The van der Waals surface area contributed by atoms with E-state index in [-0.39, 0.29) is 31.4 Å². The summed E-state index contributed by atoms with van der Waals surface area (Å²) in [6, 6.07) is 7.80. The van der Waals surface area contributed by atoms with Gasteiger partial charge < -0.3 is 30.5 Å². The Balaban J connectivity index is 0. The molecule has 2 aromatic rings. The van der Waals surface area contributed by atoms with Gasteiger partial charge >= 0.3 is 0 Å². The van der Waals surface area contributed by atoms with Crippen LogP contribution in [0.5, 0.6) is 0 Å². The number of Topliss-reactive ketones (excluding diaryl/α,β-unsaturated/α-hetero) is 1. The van der Waals surface area contributed by atoms with Crippen molar-refractivity contribution in [3.8, 4) is 0 Å². The first-order valence-electron chi connectivity index (χ1n) is 17.7. The molecule has 1 aromatic heterocycles. The SMILES string of the molecule is CC.CCCC.CCCCCC(=O)CC.CNCC(=O)NCC(=O)NCC(=O)N1CCCCC1C=O.COn1cc(C)c2ccccc21. The van der Waals surface area contributed by atoms with Crippen LogP contribution in [0.25, 0.3) is 10.9 Å². The summed E-state index contributed by atoms with van der Waals surface area (Å²) in [5.41, 5.74) is 2.37. The molecule has 48 heavy (non-hydrogen) atoms. The van der Waals surface area contributed by atoms with E-state index >= 15 is 0 Å². The molecule has 1 saturated heterocycles. The predicted molar refractivity (Wildman–Crippen MR) is 196 cm³/mol. The van der Waals surface area contributed by atoms with Crippen molar-refractivity contribution in [2.24, 2.45) is 0 Å². The maximum Gasteiger partial charge on any atom is 0.242 e. The molecular formula is C37H65N5O6. The number of fused-ring (bicyclic) bond motifs is 1. The molecule has 0 spiro atoms. The van der Waals surface area contributed by atoms with Gasteiger partial charge in [-0.25, -0.2) is 0 Å². The van der Waals surface area contributed by atoms with E-state index in [1.807, 2.05) is 45.2 Å². The first-order valence-corrected chi connectivity index (χ1v) is 17.7. The van der Waals surface area contributed by atoms with Crippen molar-refractivity contribution in [2.75, 3.05) is 40.3 Å². The molecule has 274 valence electrons. The van der Waals surface area contributed by atoms with Gasteiger partial charge in [0.2, 0.25) is 17.7 Å². The van der Waals surface area contributed by atoms with Gasteiger partial charge in [-0.15, -0.1) is 0 Å². The summed E-state index contributed by atoms with van der Waals surface area (Å²) in [5, 5.41) is 8.76. The van der Waals surface area contributed by atoms with Crippen LogP contribution >= 0.6 is 0 Å². The summed E-state index contributed by atoms with van der Waals surface area (Å²) in [6.07, 6.45) is 12.9. The average molecular weight is 676 g/mol. The second kappa shape index (κ2) is 30.6. The molecule has 1 unspecified atom stereocenters. The van der Waals surface area contributed by atoms with Gasteiger partial charge in [-0.05, 0) is 51.3 Å². The number of carbonyl (C=O) groups excluding carboxylic acids is 5. The average Bonchev–Trinajstić information content (AvgIpc) is 3.46. The van der Waals surface area contributed by atoms with Crippen LogP contribution in [0.3, 0.4) is 0 Å². The van der Waals surface area contributed by atoms with Crippen molar-refractivity contribution >= 4 is 40.7 Å². The van der Waals surface area contributed by atoms with E-state index < -0.39 is 11.9 Å². The summed E-state index contributed by atoms with van der Waals surface area (Å²) < 4.78 is 1.78. The second-order valence-electron chi connectivity index (χ2n) is 11.1. The molecular weight excluding hydrogens is 610 g/mol. The van der Waals surface area contributed by atoms with Crippen LogP contribution < -0.4 is 20.8 Å². The molecule has 0 aliphatic carbocycles. The lowest BCUT2D eigenvalue weighted by atomic mass is 10.0. The molecule has 2 heterocycles. The Bertz CT molecular complexity index is 1160. The van der Waals surface area contributed by atoms with Crippen LogP contribution in [0.2, 0.25) is 0 Å². The largest absolute Gasteiger partial charge is 0.417 e. The highest BCUT2D eigenvalue weighted by Crippen LogP contribution is 2.18. The van der Waals surface area contributed by atoms with Crippen LogP contribution in [0.1, 0.15) is 111 Å². The third-order valence-electron chi connectivity index (χ3n) is 7.27. The molecule has 1 fully saturated rings. The first-order chi connectivity index (χ1) is 23.1. The van der Waals surface area contributed by atoms with Crippen LogP contribution in [0.4, 0.5) is 0 Å². The lowest BCUT2D eigenvalue weighted by molar-refractivity contribution is -0.138. The zero-order chi connectivity index (χ0) is 36.7. The van der Waals surface area contributed by atoms with Crippen molar-refractivity contribution in [2.45, 2.75) is 119 Å². The van der Waals surface area contributed by atoms with Gasteiger partial charge in [0.15, 0.2) is 0 Å². The van der Waals surface area contributed by atoms with Crippen LogP contribution in [0.15, 0.2) is 30.5 Å². The highest BCUT2D eigenvalue weighted by Gasteiger charge is 2.26. The molecule has 0 bridgehead atoms. The maximum atomic E-state index is 12.0. The molecule has 3 rings (SSSR count). The molecule has 0 radical (unpaired) electrons. The number of rotatable bonds is 14. The van der Waals surface area contributed by atoms with E-state index in [1.54, 1.807) is 18.9 Å². The summed E-state index contributed by atoms with van der Waals surface area (Å²) in [5.74, 6) is -0.603. The minimum absolute atomic E-state index is 0.126. The standard InChI is InChI=1S/C13H22N4O4.C10H11NO.C8H16O.C4H10.C2H6/c1-14-6-11(19)15-7-12(20)16-8-13(21)17-5-3-2-4-10(17)9-18;1-8-7-11(12-2)10-6-4-3-5-9(8)10;1-3-5-6-7-8(9)4-2;1-3-4-2;1-2/h9-10,14H,2-8H2,1H3,(H,15,19)(H,16,20);3-7H,1-2H3;3-7H2,1-2H3;3-4H2,1-2H3;1-2H3. The van der Waals surface area contributed by atoms with Gasteiger partial charge in [0, 0.05) is 31.0 Å². The van der Waals surface area contributed by atoms with E-state index in [2.05, 4.69) is 49.7 Å². The molecule has 3 N–H and O–H groups in total. The van der Waals surface area contributed by atoms with Crippen LogP contribution in [-0.4, -0.2) is 85.8 Å². The summed E-state index contributed by atoms with van der Waals surface area (Å²) in [6.45, 7) is 14.8. The van der Waals surface area contributed by atoms with Crippen LogP contribution in [0, 0.1) is 6.92 Å². The molecule has 11 heteroatoms. The minimum atomic E-state index is -0.438. The Labute approximate surface area is 289 Å². The number of likely N-dealkylation sites (tertiary alicyclic amines) is 1. The number of carbonyl (C=O) groups is 5. The Kier molecular flexibility index (Phi) is 29.6. The van der Waals surface area contributed by atoms with E-state index in [4.69, 9.17) is 4.84 Å². The number of benzene rings is 1. The number of piperidine rings is 1. The smallest absolute Gasteiger partial charge is 0.242 e. The summed E-state index contributed by atoms with van der Waals surface area (Å²) >= 11 is 0. The zero-order valence-electron chi connectivity index (χ0n) is 31.3. The minimum Gasteiger partial charge on any atom is -0.417 e. The molecule has 1 aliphatic heterocycles. The number of para-hydroxylation sites is 1. The fraction of sp³-hybridized carbons (Fsp3) is 0.649. The van der Waals surface area contributed by atoms with Gasteiger partial charge in [0.1, 0.15) is 19.2 Å². The molecule has 1 atom stereocenters. The number of aromatic nitrogens is 1. The van der Waals surface area contributed by atoms with Crippen molar-refractivity contribution in [1.82, 2.24) is 25.6 Å². The number of nitrogens with zero attached hydrogens (tertiary/aromatic N) is 2. The number of aryl methyl sites for hydroxylation is 1. The number of aldehydes is 1. The number of likely N-dealkylation sites (N-methyl/N-ethyl adjacent to an activating group) is 1. The lowest BCUT2D eigenvalue weighted by Gasteiger charge is -2.32. The topological polar surface area (TPSA) is 139 Å². The summed E-state index contributed by atoms with van der Waals surface area (Å²) in [4.78, 5) is 62.9.